The fourth-order valence-corrected chi connectivity index (χ4v) is 2.57. The van der Waals surface area contributed by atoms with Gasteiger partial charge < -0.3 is 5.11 Å². The van der Waals surface area contributed by atoms with Gasteiger partial charge in [-0.3, -0.25) is 4.79 Å². The normalized spacial score (nSPS) is 23.4. The van der Waals surface area contributed by atoms with Gasteiger partial charge in [0.1, 0.15) is 0 Å². The Hall–Kier alpha value is -0.240. The number of hydrogen-bond donors (Lipinski definition) is 1. The molecule has 0 aromatic carbocycles. The van der Waals surface area contributed by atoms with Gasteiger partial charge in [-0.05, 0) is 43.9 Å². The van der Waals surface area contributed by atoms with Crippen molar-refractivity contribution in [1.82, 2.24) is 0 Å². The molecule has 1 rings (SSSR count). The molecule has 1 aliphatic carbocycles. The Kier molecular flexibility index (Phi) is 10.5. The van der Waals surface area contributed by atoms with Crippen LogP contribution in [0, 0.1) is 17.8 Å². The molecule has 3 heteroatoms. The Balaban J connectivity index is 0.000000411. The van der Waals surface area contributed by atoms with Crippen LogP contribution in [-0.4, -0.2) is 17.0 Å². The Bertz CT molecular complexity index is 205. The number of alkyl halides is 1. The zero-order valence-electron chi connectivity index (χ0n) is 12.1. The van der Waals surface area contributed by atoms with Crippen LogP contribution in [0.15, 0.2) is 0 Å². The summed E-state index contributed by atoms with van der Waals surface area (Å²) in [5.74, 6) is 1.66. The third-order valence-corrected chi connectivity index (χ3v) is 4.07. The Morgan fingerprint density at radius 2 is 1.78 bits per heavy atom. The topological polar surface area (TPSA) is 37.3 Å². The highest BCUT2D eigenvalue weighted by Gasteiger charge is 2.26. The molecule has 0 heterocycles. The van der Waals surface area contributed by atoms with Crippen molar-refractivity contribution in [2.75, 3.05) is 5.88 Å². The summed E-state index contributed by atoms with van der Waals surface area (Å²) in [4.78, 5) is 10.6. The lowest BCUT2D eigenvalue weighted by Crippen LogP contribution is -2.23. The number of carboxylic acid groups (broad SMARTS) is 1. The molecule has 18 heavy (non-hydrogen) atoms. The molecule has 1 saturated carbocycles. The molecule has 108 valence electrons. The predicted octanol–water partition coefficient (Wildman–Crippen LogP) is 4.95. The molecular weight excluding hydrogens is 248 g/mol. The smallest absolute Gasteiger partial charge is 0.306 e. The van der Waals surface area contributed by atoms with Crippen LogP contribution in [0.3, 0.4) is 0 Å². The summed E-state index contributed by atoms with van der Waals surface area (Å²) >= 11 is 5.38. The molecule has 1 fully saturated rings. The first-order chi connectivity index (χ1) is 8.52. The van der Waals surface area contributed by atoms with E-state index in [1.165, 1.54) is 19.3 Å². The number of rotatable bonds is 5. The van der Waals surface area contributed by atoms with E-state index in [1.807, 2.05) is 0 Å². The molecule has 0 spiro atoms. The largest absolute Gasteiger partial charge is 0.481 e. The zero-order valence-corrected chi connectivity index (χ0v) is 12.9. The van der Waals surface area contributed by atoms with Gasteiger partial charge in [0.05, 0.1) is 5.92 Å². The Morgan fingerprint density at radius 1 is 1.22 bits per heavy atom. The van der Waals surface area contributed by atoms with Gasteiger partial charge in [0.25, 0.3) is 0 Å². The van der Waals surface area contributed by atoms with Crippen molar-refractivity contribution in [3.05, 3.63) is 0 Å². The third kappa shape index (κ3) is 7.97. The molecule has 0 aliphatic heterocycles. The number of unbranched alkanes of at least 4 members (excludes halogenated alkanes) is 2. The minimum Gasteiger partial charge on any atom is -0.481 e. The van der Waals surface area contributed by atoms with E-state index in [9.17, 15) is 4.79 Å². The van der Waals surface area contributed by atoms with Gasteiger partial charge in [-0.25, -0.2) is 0 Å². The molecule has 0 radical (unpaired) electrons. The summed E-state index contributed by atoms with van der Waals surface area (Å²) < 4.78 is 0. The molecule has 1 aliphatic rings. The van der Waals surface area contributed by atoms with Gasteiger partial charge in [0, 0.05) is 5.88 Å². The lowest BCUT2D eigenvalue weighted by molar-refractivity contribution is -0.143. The predicted molar refractivity (Wildman–Crippen MR) is 78.2 cm³/mol. The fourth-order valence-electron chi connectivity index (χ4n) is 2.38. The van der Waals surface area contributed by atoms with Crippen LogP contribution >= 0.6 is 11.6 Å². The molecule has 1 N–H and O–H groups in total. The van der Waals surface area contributed by atoms with Crippen molar-refractivity contribution < 1.29 is 9.90 Å². The molecule has 0 bridgehead atoms. The van der Waals surface area contributed by atoms with Crippen LogP contribution in [0.2, 0.25) is 0 Å². The second kappa shape index (κ2) is 10.7. The van der Waals surface area contributed by atoms with Crippen molar-refractivity contribution in [2.24, 2.45) is 17.8 Å². The summed E-state index contributed by atoms with van der Waals surface area (Å²) in [5.41, 5.74) is 0. The van der Waals surface area contributed by atoms with Gasteiger partial charge in [-0.15, -0.1) is 11.6 Å². The molecule has 0 aromatic heterocycles. The average Bonchev–Trinajstić information content (AvgIpc) is 2.37. The van der Waals surface area contributed by atoms with E-state index in [4.69, 9.17) is 16.7 Å². The van der Waals surface area contributed by atoms with Crippen molar-refractivity contribution in [1.29, 1.82) is 0 Å². The molecule has 0 amide bonds. The summed E-state index contributed by atoms with van der Waals surface area (Å²) in [6, 6.07) is 0. The highest BCUT2D eigenvalue weighted by atomic mass is 35.5. The first-order valence-electron chi connectivity index (χ1n) is 7.31. The highest BCUT2D eigenvalue weighted by molar-refractivity contribution is 6.17. The summed E-state index contributed by atoms with van der Waals surface area (Å²) in [6.07, 6.45) is 7.72. The van der Waals surface area contributed by atoms with E-state index in [1.54, 1.807) is 0 Å². The quantitative estimate of drug-likeness (QED) is 0.570. The monoisotopic (exact) mass is 276 g/mol. The molecule has 0 saturated heterocycles. The van der Waals surface area contributed by atoms with Crippen LogP contribution in [0.25, 0.3) is 0 Å². The third-order valence-electron chi connectivity index (χ3n) is 3.80. The van der Waals surface area contributed by atoms with Crippen LogP contribution in [-0.2, 0) is 4.79 Å². The van der Waals surface area contributed by atoms with Crippen LogP contribution in [0.1, 0.15) is 65.7 Å². The summed E-state index contributed by atoms with van der Waals surface area (Å²) in [7, 11) is 0. The minimum absolute atomic E-state index is 0.0556. The van der Waals surface area contributed by atoms with Crippen LogP contribution in [0.4, 0.5) is 0 Å². The Morgan fingerprint density at radius 3 is 2.06 bits per heavy atom. The van der Waals surface area contributed by atoms with Crippen molar-refractivity contribution in [3.63, 3.8) is 0 Å². The van der Waals surface area contributed by atoms with Gasteiger partial charge in [0.15, 0.2) is 0 Å². The maximum absolute atomic E-state index is 10.6. The maximum atomic E-state index is 10.6. The second-order valence-corrected chi connectivity index (χ2v) is 5.97. The van der Waals surface area contributed by atoms with Crippen LogP contribution in [0.5, 0.6) is 0 Å². The SMILES string of the molecule is CC(C)C1CCC(C(=O)O)CC1.CCCCCCl. The number of carbonyl (C=O) groups is 1. The molecule has 0 aromatic rings. The standard InChI is InChI=1S/C10H18O2.C5H11Cl/c1-7(2)8-3-5-9(6-4-8)10(11)12;1-2-3-4-5-6/h7-9H,3-6H2,1-2H3,(H,11,12);2-5H2,1H3. The van der Waals surface area contributed by atoms with E-state index in [2.05, 4.69) is 20.8 Å². The molecule has 0 unspecified atom stereocenters. The van der Waals surface area contributed by atoms with E-state index < -0.39 is 5.97 Å². The van der Waals surface area contributed by atoms with Gasteiger partial charge in [-0.2, -0.15) is 0 Å². The number of hydrogen-bond acceptors (Lipinski definition) is 1. The minimum atomic E-state index is -0.600. The van der Waals surface area contributed by atoms with Gasteiger partial charge in [-0.1, -0.05) is 33.6 Å². The van der Waals surface area contributed by atoms with Gasteiger partial charge in [0.2, 0.25) is 0 Å². The average molecular weight is 277 g/mol. The molecule has 0 atom stereocenters. The van der Waals surface area contributed by atoms with Crippen LogP contribution < -0.4 is 0 Å². The van der Waals surface area contributed by atoms with Gasteiger partial charge >= 0.3 is 5.97 Å². The Labute approximate surface area is 117 Å². The fraction of sp³-hybridized carbons (Fsp3) is 0.933. The molecule has 2 nitrogen and oxygen atoms in total. The molecular formula is C15H29ClO2. The van der Waals surface area contributed by atoms with E-state index in [0.717, 1.165) is 43.4 Å². The summed E-state index contributed by atoms with van der Waals surface area (Å²) in [6.45, 7) is 6.63. The number of halogens is 1. The van der Waals surface area contributed by atoms with Crippen molar-refractivity contribution in [3.8, 4) is 0 Å². The van der Waals surface area contributed by atoms with E-state index >= 15 is 0 Å². The lowest BCUT2D eigenvalue weighted by atomic mass is 9.77. The number of carboxylic acids is 1. The summed E-state index contributed by atoms with van der Waals surface area (Å²) in [5, 5.41) is 8.76. The first kappa shape index (κ1) is 17.8. The zero-order chi connectivity index (χ0) is 14.0. The maximum Gasteiger partial charge on any atom is 0.306 e. The van der Waals surface area contributed by atoms with Crippen molar-refractivity contribution >= 4 is 17.6 Å². The van der Waals surface area contributed by atoms with E-state index in [0.29, 0.717) is 0 Å². The number of aliphatic carboxylic acids is 1. The first-order valence-corrected chi connectivity index (χ1v) is 7.85. The van der Waals surface area contributed by atoms with Crippen molar-refractivity contribution in [2.45, 2.75) is 65.7 Å². The van der Waals surface area contributed by atoms with E-state index in [-0.39, 0.29) is 5.92 Å². The second-order valence-electron chi connectivity index (χ2n) is 5.59. The highest BCUT2D eigenvalue weighted by Crippen LogP contribution is 2.33. The lowest BCUT2D eigenvalue weighted by Gasteiger charge is -2.28.